The molecule has 2 heterocycles. The molecule has 0 aromatic heterocycles. The lowest BCUT2D eigenvalue weighted by Gasteiger charge is -2.32. The molecular formula is C12H21N3O2. The number of ether oxygens (including phenoxy) is 1. The number of amides is 1. The van der Waals surface area contributed by atoms with Crippen LogP contribution in [0.1, 0.15) is 12.8 Å². The summed E-state index contributed by atoms with van der Waals surface area (Å²) in [4.78, 5) is 16.5. The predicted molar refractivity (Wildman–Crippen MR) is 63.5 cm³/mol. The van der Waals surface area contributed by atoms with E-state index in [2.05, 4.69) is 4.90 Å². The fourth-order valence-corrected chi connectivity index (χ4v) is 2.92. The van der Waals surface area contributed by atoms with E-state index in [4.69, 9.17) is 10.5 Å². The van der Waals surface area contributed by atoms with Gasteiger partial charge in [-0.2, -0.15) is 0 Å². The van der Waals surface area contributed by atoms with E-state index in [-0.39, 0.29) is 17.9 Å². The molecule has 3 unspecified atom stereocenters. The summed E-state index contributed by atoms with van der Waals surface area (Å²) in [6.45, 7) is 5.48. The SMILES string of the molecule is NC1CC1C(=O)N1CCC(N2CCOCC2)C1. The topological polar surface area (TPSA) is 58.8 Å². The Labute approximate surface area is 102 Å². The van der Waals surface area contributed by atoms with Gasteiger partial charge < -0.3 is 15.4 Å². The Morgan fingerprint density at radius 1 is 1.24 bits per heavy atom. The van der Waals surface area contributed by atoms with Gasteiger partial charge in [0.05, 0.1) is 19.1 Å². The standard InChI is InChI=1S/C12H21N3O2/c13-11-7-10(11)12(16)15-2-1-9(8-15)14-3-5-17-6-4-14/h9-11H,1-8,13H2. The molecule has 0 radical (unpaired) electrons. The summed E-state index contributed by atoms with van der Waals surface area (Å²) >= 11 is 0. The van der Waals surface area contributed by atoms with Gasteiger partial charge >= 0.3 is 0 Å². The number of carbonyl (C=O) groups excluding carboxylic acids is 1. The number of carbonyl (C=O) groups is 1. The lowest BCUT2D eigenvalue weighted by molar-refractivity contribution is -0.131. The van der Waals surface area contributed by atoms with Crippen LogP contribution < -0.4 is 5.73 Å². The van der Waals surface area contributed by atoms with E-state index in [1.807, 2.05) is 4.90 Å². The van der Waals surface area contributed by atoms with Gasteiger partial charge in [-0.15, -0.1) is 0 Å². The number of likely N-dealkylation sites (tertiary alicyclic amines) is 1. The minimum absolute atomic E-state index is 0.124. The van der Waals surface area contributed by atoms with Crippen molar-refractivity contribution in [2.24, 2.45) is 11.7 Å². The molecule has 1 amide bonds. The molecule has 2 aliphatic heterocycles. The molecule has 5 nitrogen and oxygen atoms in total. The van der Waals surface area contributed by atoms with Gasteiger partial charge in [0.1, 0.15) is 0 Å². The van der Waals surface area contributed by atoms with Crippen molar-refractivity contribution < 1.29 is 9.53 Å². The van der Waals surface area contributed by atoms with E-state index in [1.54, 1.807) is 0 Å². The van der Waals surface area contributed by atoms with Crippen LogP contribution >= 0.6 is 0 Å². The Balaban J connectivity index is 1.52. The number of hydrogen-bond donors (Lipinski definition) is 1. The number of morpholine rings is 1. The molecular weight excluding hydrogens is 218 g/mol. The molecule has 0 spiro atoms. The first-order chi connectivity index (χ1) is 8.25. The zero-order valence-electron chi connectivity index (χ0n) is 10.2. The first-order valence-electron chi connectivity index (χ1n) is 6.62. The van der Waals surface area contributed by atoms with Gasteiger partial charge in [-0.1, -0.05) is 0 Å². The van der Waals surface area contributed by atoms with Crippen LogP contribution in [0.3, 0.4) is 0 Å². The van der Waals surface area contributed by atoms with Crippen LogP contribution in [0.5, 0.6) is 0 Å². The van der Waals surface area contributed by atoms with Crippen molar-refractivity contribution in [2.75, 3.05) is 39.4 Å². The first-order valence-corrected chi connectivity index (χ1v) is 6.62. The van der Waals surface area contributed by atoms with E-state index >= 15 is 0 Å². The third kappa shape index (κ3) is 2.32. The van der Waals surface area contributed by atoms with Crippen molar-refractivity contribution in [1.82, 2.24) is 9.80 Å². The van der Waals surface area contributed by atoms with Crippen molar-refractivity contribution in [3.8, 4) is 0 Å². The normalized spacial score (nSPS) is 38.4. The quantitative estimate of drug-likeness (QED) is 0.690. The van der Waals surface area contributed by atoms with Crippen LogP contribution in [0.15, 0.2) is 0 Å². The fourth-order valence-electron chi connectivity index (χ4n) is 2.92. The maximum Gasteiger partial charge on any atom is 0.227 e. The van der Waals surface area contributed by atoms with Crippen LogP contribution in [0.4, 0.5) is 0 Å². The first kappa shape index (κ1) is 11.4. The van der Waals surface area contributed by atoms with Gasteiger partial charge in [0.15, 0.2) is 0 Å². The monoisotopic (exact) mass is 239 g/mol. The zero-order chi connectivity index (χ0) is 11.8. The Hall–Kier alpha value is -0.650. The van der Waals surface area contributed by atoms with Gasteiger partial charge in [-0.3, -0.25) is 9.69 Å². The van der Waals surface area contributed by atoms with Crippen molar-refractivity contribution in [3.63, 3.8) is 0 Å². The van der Waals surface area contributed by atoms with E-state index in [0.717, 1.165) is 52.2 Å². The van der Waals surface area contributed by atoms with Crippen molar-refractivity contribution in [3.05, 3.63) is 0 Å². The number of nitrogens with two attached hydrogens (primary N) is 1. The second kappa shape index (κ2) is 4.55. The number of nitrogens with zero attached hydrogens (tertiary/aromatic N) is 2. The largest absolute Gasteiger partial charge is 0.379 e. The minimum Gasteiger partial charge on any atom is -0.379 e. The Bertz CT molecular complexity index is 304. The van der Waals surface area contributed by atoms with E-state index in [0.29, 0.717) is 6.04 Å². The third-order valence-corrected chi connectivity index (χ3v) is 4.19. The molecule has 0 aromatic carbocycles. The lowest BCUT2D eigenvalue weighted by Crippen LogP contribution is -2.45. The molecule has 2 saturated heterocycles. The third-order valence-electron chi connectivity index (χ3n) is 4.19. The maximum atomic E-state index is 12.0. The van der Waals surface area contributed by atoms with Crippen molar-refractivity contribution in [2.45, 2.75) is 24.9 Å². The molecule has 17 heavy (non-hydrogen) atoms. The fraction of sp³-hybridized carbons (Fsp3) is 0.917. The van der Waals surface area contributed by atoms with Crippen molar-refractivity contribution in [1.29, 1.82) is 0 Å². The number of rotatable bonds is 2. The van der Waals surface area contributed by atoms with E-state index in [9.17, 15) is 4.79 Å². The molecule has 96 valence electrons. The van der Waals surface area contributed by atoms with Gasteiger partial charge in [0.2, 0.25) is 5.91 Å². The highest BCUT2D eigenvalue weighted by atomic mass is 16.5. The average Bonchev–Trinajstić information content (AvgIpc) is 2.92. The summed E-state index contributed by atoms with van der Waals surface area (Å²) < 4.78 is 5.36. The molecule has 2 N–H and O–H groups in total. The Morgan fingerprint density at radius 3 is 2.59 bits per heavy atom. The van der Waals surface area contributed by atoms with Crippen LogP contribution in [-0.4, -0.2) is 67.2 Å². The highest BCUT2D eigenvalue weighted by molar-refractivity contribution is 5.82. The molecule has 1 saturated carbocycles. The predicted octanol–water partition coefficient (Wildman–Crippen LogP) is -0.733. The molecule has 1 aliphatic carbocycles. The van der Waals surface area contributed by atoms with Crippen LogP contribution in [-0.2, 0) is 9.53 Å². The second-order valence-electron chi connectivity index (χ2n) is 5.38. The smallest absolute Gasteiger partial charge is 0.227 e. The molecule has 3 aliphatic rings. The number of hydrogen-bond acceptors (Lipinski definition) is 4. The maximum absolute atomic E-state index is 12.0. The second-order valence-corrected chi connectivity index (χ2v) is 5.38. The average molecular weight is 239 g/mol. The van der Waals surface area contributed by atoms with Gasteiger partial charge in [0.25, 0.3) is 0 Å². The molecule has 3 atom stereocenters. The van der Waals surface area contributed by atoms with Crippen LogP contribution in [0, 0.1) is 5.92 Å². The van der Waals surface area contributed by atoms with Gasteiger partial charge in [0, 0.05) is 38.3 Å². The summed E-state index contributed by atoms with van der Waals surface area (Å²) in [5.41, 5.74) is 5.74. The van der Waals surface area contributed by atoms with Crippen LogP contribution in [0.25, 0.3) is 0 Å². The summed E-state index contributed by atoms with van der Waals surface area (Å²) in [6.07, 6.45) is 1.99. The molecule has 5 heteroatoms. The molecule has 3 rings (SSSR count). The summed E-state index contributed by atoms with van der Waals surface area (Å²) in [6, 6.07) is 0.669. The summed E-state index contributed by atoms with van der Waals surface area (Å²) in [7, 11) is 0. The van der Waals surface area contributed by atoms with Crippen molar-refractivity contribution >= 4 is 5.91 Å². The molecule has 0 aromatic rings. The Morgan fingerprint density at radius 2 is 1.94 bits per heavy atom. The van der Waals surface area contributed by atoms with Crippen LogP contribution in [0.2, 0.25) is 0 Å². The van der Waals surface area contributed by atoms with Gasteiger partial charge in [-0.05, 0) is 12.8 Å². The molecule has 0 bridgehead atoms. The highest BCUT2D eigenvalue weighted by Crippen LogP contribution is 2.31. The van der Waals surface area contributed by atoms with Gasteiger partial charge in [-0.25, -0.2) is 0 Å². The van der Waals surface area contributed by atoms with E-state index < -0.39 is 0 Å². The highest BCUT2D eigenvalue weighted by Gasteiger charge is 2.44. The lowest BCUT2D eigenvalue weighted by atomic mass is 10.2. The Kier molecular flexibility index (Phi) is 3.06. The zero-order valence-corrected chi connectivity index (χ0v) is 10.2. The molecule has 3 fully saturated rings. The van der Waals surface area contributed by atoms with E-state index in [1.165, 1.54) is 0 Å². The summed E-state index contributed by atoms with van der Waals surface area (Å²) in [5.74, 6) is 0.409. The summed E-state index contributed by atoms with van der Waals surface area (Å²) in [5, 5.41) is 0. The minimum atomic E-state index is 0.124.